The average Bonchev–Trinajstić information content (AvgIpc) is 2.84. The Morgan fingerprint density at radius 1 is 1.55 bits per heavy atom. The maximum absolute atomic E-state index is 11.9. The van der Waals surface area contributed by atoms with Crippen LogP contribution < -0.4 is 11.0 Å². The fraction of sp³-hybridized carbons (Fsp3) is 0.545. The van der Waals surface area contributed by atoms with Crippen LogP contribution >= 0.6 is 0 Å². The second-order valence-electron chi connectivity index (χ2n) is 4.34. The molecule has 0 unspecified atom stereocenters. The first-order valence-corrected chi connectivity index (χ1v) is 6.06. The maximum atomic E-state index is 11.9. The van der Waals surface area contributed by atoms with Gasteiger partial charge in [0, 0.05) is 12.8 Å². The van der Waals surface area contributed by atoms with Crippen molar-refractivity contribution in [2.24, 2.45) is 0 Å². The molecule has 0 bridgehead atoms. The molecule has 0 spiro atoms. The topological polar surface area (TPSA) is 134 Å². The van der Waals surface area contributed by atoms with E-state index in [2.05, 4.69) is 15.3 Å². The van der Waals surface area contributed by atoms with E-state index in [4.69, 9.17) is 14.6 Å². The number of carboxylic acid groups (broad SMARTS) is 1. The molecule has 1 amide bonds. The number of amides is 1. The number of ether oxygens (including phenoxy) is 2. The van der Waals surface area contributed by atoms with Gasteiger partial charge in [0.25, 0.3) is 5.91 Å². The minimum Gasteiger partial charge on any atom is -0.480 e. The Morgan fingerprint density at radius 3 is 3.00 bits per heavy atom. The molecular formula is C11H15N3O6. The lowest BCUT2D eigenvalue weighted by Gasteiger charge is -2.31. The quantitative estimate of drug-likeness (QED) is 0.531. The number of hydrogen-bond acceptors (Lipinski definition) is 5. The van der Waals surface area contributed by atoms with Crippen molar-refractivity contribution in [3.8, 4) is 0 Å². The molecular weight excluding hydrogens is 270 g/mol. The van der Waals surface area contributed by atoms with Gasteiger partial charge in [-0.1, -0.05) is 0 Å². The van der Waals surface area contributed by atoms with Crippen LogP contribution in [0.4, 0.5) is 0 Å². The van der Waals surface area contributed by atoms with Crippen molar-refractivity contribution in [1.82, 2.24) is 15.3 Å². The fourth-order valence-electron chi connectivity index (χ4n) is 1.93. The normalized spacial score (nSPS) is 22.4. The molecule has 2 rings (SSSR count). The smallest absolute Gasteiger partial charge is 0.329 e. The Morgan fingerprint density at radius 2 is 2.35 bits per heavy atom. The summed E-state index contributed by atoms with van der Waals surface area (Å²) in [4.78, 5) is 38.0. The van der Waals surface area contributed by atoms with Crippen molar-refractivity contribution in [1.29, 1.82) is 0 Å². The van der Waals surface area contributed by atoms with E-state index in [9.17, 15) is 14.4 Å². The second-order valence-corrected chi connectivity index (χ2v) is 4.34. The van der Waals surface area contributed by atoms with Gasteiger partial charge in [0.2, 0.25) is 0 Å². The zero-order valence-electron chi connectivity index (χ0n) is 10.5. The van der Waals surface area contributed by atoms with Gasteiger partial charge in [-0.3, -0.25) is 4.79 Å². The van der Waals surface area contributed by atoms with E-state index >= 15 is 0 Å². The average molecular weight is 285 g/mol. The van der Waals surface area contributed by atoms with Gasteiger partial charge in [-0.05, 0) is 6.42 Å². The van der Waals surface area contributed by atoms with E-state index in [1.807, 2.05) is 0 Å². The number of rotatable bonds is 5. The molecule has 2 heterocycles. The molecule has 0 saturated carbocycles. The van der Waals surface area contributed by atoms with Crippen LogP contribution in [-0.4, -0.2) is 58.9 Å². The number of aromatic amines is 2. The van der Waals surface area contributed by atoms with E-state index < -0.39 is 36.3 Å². The van der Waals surface area contributed by atoms with Gasteiger partial charge in [0.1, 0.15) is 12.3 Å². The Hall–Kier alpha value is -2.13. The van der Waals surface area contributed by atoms with Crippen LogP contribution in [0.2, 0.25) is 0 Å². The molecule has 20 heavy (non-hydrogen) atoms. The van der Waals surface area contributed by atoms with Gasteiger partial charge in [0.05, 0.1) is 18.8 Å². The molecule has 9 heteroatoms. The Balaban J connectivity index is 1.95. The van der Waals surface area contributed by atoms with E-state index in [1.54, 1.807) is 0 Å². The summed E-state index contributed by atoms with van der Waals surface area (Å²) in [6.45, 7) is 0.236. The van der Waals surface area contributed by atoms with Crippen molar-refractivity contribution >= 4 is 11.9 Å². The number of aliphatic carboxylic acids is 1. The van der Waals surface area contributed by atoms with Crippen LogP contribution in [0.5, 0.6) is 0 Å². The Kier molecular flexibility index (Phi) is 4.53. The van der Waals surface area contributed by atoms with Crippen molar-refractivity contribution in [2.45, 2.75) is 18.6 Å². The van der Waals surface area contributed by atoms with E-state index in [0.29, 0.717) is 13.0 Å². The molecule has 0 aromatic carbocycles. The minimum atomic E-state index is -1.07. The highest BCUT2D eigenvalue weighted by Crippen LogP contribution is 2.12. The monoisotopic (exact) mass is 285 g/mol. The molecule has 1 aliphatic heterocycles. The zero-order valence-corrected chi connectivity index (χ0v) is 10.5. The lowest BCUT2D eigenvalue weighted by Crippen LogP contribution is -2.51. The summed E-state index contributed by atoms with van der Waals surface area (Å²) in [6, 6.07) is -0.464. The lowest BCUT2D eigenvalue weighted by atomic mass is 10.1. The molecule has 1 aromatic rings. The summed E-state index contributed by atoms with van der Waals surface area (Å²) in [5.41, 5.74) is -0.383. The predicted octanol–water partition coefficient (Wildman–Crippen LogP) is -1.31. The number of H-pyrrole nitrogens is 2. The molecule has 1 aromatic heterocycles. The molecule has 1 aliphatic rings. The third-order valence-corrected chi connectivity index (χ3v) is 2.87. The third-order valence-electron chi connectivity index (χ3n) is 2.87. The van der Waals surface area contributed by atoms with Crippen LogP contribution in [0, 0.1) is 0 Å². The largest absolute Gasteiger partial charge is 0.480 e. The first kappa shape index (κ1) is 14.3. The number of carbonyl (C=O) groups excluding carboxylic acids is 1. The van der Waals surface area contributed by atoms with Crippen LogP contribution in [0.1, 0.15) is 16.9 Å². The number of aromatic nitrogens is 2. The molecule has 1 fully saturated rings. The fourth-order valence-corrected chi connectivity index (χ4v) is 1.93. The van der Waals surface area contributed by atoms with Crippen LogP contribution in [0.3, 0.4) is 0 Å². The predicted molar refractivity (Wildman–Crippen MR) is 65.5 cm³/mol. The first-order chi connectivity index (χ1) is 9.56. The van der Waals surface area contributed by atoms with Gasteiger partial charge in [-0.15, -0.1) is 0 Å². The number of nitrogens with one attached hydrogen (secondary N) is 3. The van der Waals surface area contributed by atoms with E-state index in [0.717, 1.165) is 0 Å². The van der Waals surface area contributed by atoms with Crippen molar-refractivity contribution in [3.63, 3.8) is 0 Å². The van der Waals surface area contributed by atoms with Gasteiger partial charge >= 0.3 is 11.7 Å². The minimum absolute atomic E-state index is 0.0950. The Labute approximate surface area is 113 Å². The first-order valence-electron chi connectivity index (χ1n) is 6.06. The number of carbonyl (C=O) groups is 2. The number of hydrogen-bond donors (Lipinski definition) is 4. The highest BCUT2D eigenvalue weighted by Gasteiger charge is 2.29. The summed E-state index contributed by atoms with van der Waals surface area (Å²) in [6.07, 6.45) is 1.31. The standard InChI is InChI=1S/C11H15N3O6/c15-9(16)5-20-8-1-2-19-4-7(8)13-10(17)6-3-12-11(18)14-6/h3,7-8H,1-2,4-5H2,(H,13,17)(H,15,16)(H2,12,14,18)/t7-,8+/m1/s1. The molecule has 9 nitrogen and oxygen atoms in total. The summed E-state index contributed by atoms with van der Waals surface area (Å²) < 4.78 is 10.5. The zero-order chi connectivity index (χ0) is 14.5. The molecule has 4 N–H and O–H groups in total. The number of imidazole rings is 1. The van der Waals surface area contributed by atoms with Crippen LogP contribution in [0.25, 0.3) is 0 Å². The van der Waals surface area contributed by atoms with E-state index in [1.165, 1.54) is 6.20 Å². The lowest BCUT2D eigenvalue weighted by molar-refractivity contribution is -0.147. The van der Waals surface area contributed by atoms with Crippen LogP contribution in [-0.2, 0) is 14.3 Å². The summed E-state index contributed by atoms with van der Waals surface area (Å²) >= 11 is 0. The summed E-state index contributed by atoms with van der Waals surface area (Å²) in [5.74, 6) is -1.56. The molecule has 2 atom stereocenters. The second kappa shape index (κ2) is 6.35. The highest BCUT2D eigenvalue weighted by molar-refractivity contribution is 5.92. The van der Waals surface area contributed by atoms with Gasteiger partial charge in [0.15, 0.2) is 0 Å². The third kappa shape index (κ3) is 3.68. The summed E-state index contributed by atoms with van der Waals surface area (Å²) in [7, 11) is 0. The molecule has 0 aliphatic carbocycles. The molecule has 0 radical (unpaired) electrons. The number of carboxylic acids is 1. The van der Waals surface area contributed by atoms with Gasteiger partial charge in [-0.25, -0.2) is 9.59 Å². The van der Waals surface area contributed by atoms with Crippen molar-refractivity contribution < 1.29 is 24.2 Å². The highest BCUT2D eigenvalue weighted by atomic mass is 16.5. The SMILES string of the molecule is O=C(O)CO[C@H]1CCOC[C@H]1NC(=O)c1c[nH]c(=O)[nH]1. The van der Waals surface area contributed by atoms with Crippen molar-refractivity contribution in [2.75, 3.05) is 19.8 Å². The van der Waals surface area contributed by atoms with Gasteiger partial charge < -0.3 is 29.9 Å². The van der Waals surface area contributed by atoms with Gasteiger partial charge in [-0.2, -0.15) is 0 Å². The maximum Gasteiger partial charge on any atom is 0.329 e. The van der Waals surface area contributed by atoms with E-state index in [-0.39, 0.29) is 12.3 Å². The molecule has 110 valence electrons. The molecule has 1 saturated heterocycles. The Bertz CT molecular complexity index is 536. The van der Waals surface area contributed by atoms with Crippen LogP contribution in [0.15, 0.2) is 11.0 Å². The van der Waals surface area contributed by atoms with Crippen molar-refractivity contribution in [3.05, 3.63) is 22.4 Å². The summed E-state index contributed by atoms with van der Waals surface area (Å²) in [5, 5.41) is 11.3.